The van der Waals surface area contributed by atoms with Crippen molar-refractivity contribution in [2.24, 2.45) is 0 Å². The number of rotatable bonds is 6. The number of nitrogens with zero attached hydrogens (tertiary/aromatic N) is 2. The van der Waals surface area contributed by atoms with Crippen LogP contribution in [0.3, 0.4) is 0 Å². The molecule has 7 aromatic carbocycles. The fraction of sp³-hybridized carbons (Fsp3) is 0.106. The highest BCUT2D eigenvalue weighted by Gasteiger charge is 2.46. The smallest absolute Gasteiger partial charge is 0.333 e. The highest BCUT2D eigenvalue weighted by Crippen LogP contribution is 2.51. The molecular formula is C47H37BN2O. The van der Waals surface area contributed by atoms with Crippen LogP contribution in [0.15, 0.2) is 156 Å². The van der Waals surface area contributed by atoms with Crippen LogP contribution in [0, 0.1) is 6.92 Å². The van der Waals surface area contributed by atoms with E-state index in [2.05, 4.69) is 175 Å². The van der Waals surface area contributed by atoms with Gasteiger partial charge in [0.05, 0.1) is 16.8 Å². The molecule has 4 heteroatoms. The monoisotopic (exact) mass is 656 g/mol. The molecule has 0 atom stereocenters. The van der Waals surface area contributed by atoms with Crippen LogP contribution in [0.4, 0.5) is 28.4 Å². The summed E-state index contributed by atoms with van der Waals surface area (Å²) in [5, 5.41) is 2.28. The minimum Gasteiger partial charge on any atom is -0.456 e. The Morgan fingerprint density at radius 2 is 1.37 bits per heavy atom. The average Bonchev–Trinajstić information content (AvgIpc) is 3.57. The Hall–Kier alpha value is -6.00. The molecule has 1 aromatic heterocycles. The Kier molecular flexibility index (Phi) is 6.92. The first kappa shape index (κ1) is 29.9. The minimum atomic E-state index is -0.0544. The molecule has 0 N–H and O–H groups in total. The number of fused-ring (bicyclic) bond motifs is 8. The zero-order valence-electron chi connectivity index (χ0n) is 28.9. The largest absolute Gasteiger partial charge is 0.456 e. The number of hydrogen-bond acceptors (Lipinski definition) is 3. The van der Waals surface area contributed by atoms with Crippen LogP contribution in [0.25, 0.3) is 44.2 Å². The van der Waals surface area contributed by atoms with Gasteiger partial charge in [0.2, 0.25) is 0 Å². The second-order valence-corrected chi connectivity index (χ2v) is 14.0. The number of furan rings is 1. The molecule has 0 aliphatic carbocycles. The molecule has 8 aromatic rings. The molecule has 0 unspecified atom stereocenters. The molecule has 51 heavy (non-hydrogen) atoms. The van der Waals surface area contributed by atoms with Gasteiger partial charge in [-0.15, -0.1) is 0 Å². The summed E-state index contributed by atoms with van der Waals surface area (Å²) in [5.41, 5.74) is 18.0. The molecule has 0 saturated carbocycles. The van der Waals surface area contributed by atoms with E-state index in [-0.39, 0.29) is 6.85 Å². The molecule has 0 radical (unpaired) electrons. The SMILES string of the molecule is CCCCc1ccc(N2c3cc(C)cc4c3B(c3ccc5oc6ccccc6c5c32)N(c2ccccc2)c2ccccc2-4)c(-c2ccccc2)c1. The van der Waals surface area contributed by atoms with Crippen LogP contribution in [0.2, 0.25) is 0 Å². The minimum absolute atomic E-state index is 0.0544. The van der Waals surface area contributed by atoms with E-state index in [1.54, 1.807) is 0 Å². The van der Waals surface area contributed by atoms with E-state index in [0.717, 1.165) is 28.4 Å². The molecule has 3 nitrogen and oxygen atoms in total. The molecular weight excluding hydrogens is 619 g/mol. The first-order valence-corrected chi connectivity index (χ1v) is 18.2. The van der Waals surface area contributed by atoms with Crippen LogP contribution >= 0.6 is 0 Å². The highest BCUT2D eigenvalue weighted by atomic mass is 16.3. The second-order valence-electron chi connectivity index (χ2n) is 14.0. The van der Waals surface area contributed by atoms with Gasteiger partial charge in [0.15, 0.2) is 0 Å². The van der Waals surface area contributed by atoms with Gasteiger partial charge >= 0.3 is 6.85 Å². The van der Waals surface area contributed by atoms with E-state index in [1.807, 2.05) is 0 Å². The lowest BCUT2D eigenvalue weighted by Gasteiger charge is -2.46. The quantitative estimate of drug-likeness (QED) is 0.166. The van der Waals surface area contributed by atoms with Crippen LogP contribution in [-0.4, -0.2) is 6.85 Å². The van der Waals surface area contributed by atoms with E-state index >= 15 is 0 Å². The highest BCUT2D eigenvalue weighted by molar-refractivity contribution is 6.94. The number of aryl methyl sites for hydroxylation is 2. The third-order valence-electron chi connectivity index (χ3n) is 10.8. The molecule has 0 amide bonds. The third-order valence-corrected chi connectivity index (χ3v) is 10.8. The normalized spacial score (nSPS) is 13.0. The van der Waals surface area contributed by atoms with Crippen molar-refractivity contribution in [3.63, 3.8) is 0 Å². The van der Waals surface area contributed by atoms with Crippen molar-refractivity contribution in [3.8, 4) is 22.3 Å². The van der Waals surface area contributed by atoms with Gasteiger partial charge in [-0.2, -0.15) is 0 Å². The number of hydrogen-bond donors (Lipinski definition) is 0. The summed E-state index contributed by atoms with van der Waals surface area (Å²) >= 11 is 0. The summed E-state index contributed by atoms with van der Waals surface area (Å²) < 4.78 is 6.63. The van der Waals surface area contributed by atoms with Crippen LogP contribution in [0.5, 0.6) is 0 Å². The van der Waals surface area contributed by atoms with Crippen molar-refractivity contribution < 1.29 is 4.42 Å². The van der Waals surface area contributed by atoms with E-state index in [4.69, 9.17) is 4.42 Å². The summed E-state index contributed by atoms with van der Waals surface area (Å²) in [4.78, 5) is 5.14. The molecule has 0 spiro atoms. The molecule has 244 valence electrons. The van der Waals surface area contributed by atoms with Gasteiger partial charge in [-0.3, -0.25) is 0 Å². The maximum atomic E-state index is 6.63. The van der Waals surface area contributed by atoms with E-state index in [1.165, 1.54) is 85.6 Å². The van der Waals surface area contributed by atoms with Crippen molar-refractivity contribution in [1.29, 1.82) is 0 Å². The number of benzene rings is 7. The second kappa shape index (κ2) is 11.8. The van der Waals surface area contributed by atoms with Crippen molar-refractivity contribution >= 4 is 68.1 Å². The molecule has 3 heterocycles. The van der Waals surface area contributed by atoms with Crippen molar-refractivity contribution in [2.75, 3.05) is 9.71 Å². The lowest BCUT2D eigenvalue weighted by Crippen LogP contribution is -2.61. The summed E-state index contributed by atoms with van der Waals surface area (Å²) in [7, 11) is 0. The fourth-order valence-electron chi connectivity index (χ4n) is 8.64. The van der Waals surface area contributed by atoms with Crippen molar-refractivity contribution in [3.05, 3.63) is 163 Å². The molecule has 2 aliphatic rings. The van der Waals surface area contributed by atoms with Crippen LogP contribution in [-0.2, 0) is 6.42 Å². The Bertz CT molecular complexity index is 2610. The standard InChI is InChI=1S/C47H37BN2O/c1-3-4-15-32-24-26-40(37(30-32)33-16-7-5-8-17-33)49-42-29-31(2)28-38-35-20-11-13-22-41(35)50(34-18-9-6-10-19-34)48(46(38)42)39-25-27-44-45(47(39)49)36-21-12-14-23-43(36)51-44/h5-14,16-30H,3-4,15H2,1-2H3. The maximum Gasteiger partial charge on any atom is 0.333 e. The summed E-state index contributed by atoms with van der Waals surface area (Å²) in [6.45, 7) is 4.46. The Morgan fingerprint density at radius 3 is 2.22 bits per heavy atom. The van der Waals surface area contributed by atoms with E-state index in [0.29, 0.717) is 0 Å². The van der Waals surface area contributed by atoms with Crippen molar-refractivity contribution in [2.45, 2.75) is 33.1 Å². The zero-order valence-corrected chi connectivity index (χ0v) is 28.9. The number of unbranched alkanes of at least 4 members (excludes halogenated alkanes) is 1. The van der Waals surface area contributed by atoms with Gasteiger partial charge in [-0.05, 0) is 101 Å². The molecule has 0 saturated heterocycles. The van der Waals surface area contributed by atoms with Gasteiger partial charge in [0.1, 0.15) is 11.2 Å². The predicted octanol–water partition coefficient (Wildman–Crippen LogP) is 11.6. The average molecular weight is 657 g/mol. The van der Waals surface area contributed by atoms with Crippen molar-refractivity contribution in [1.82, 2.24) is 0 Å². The number of anilines is 5. The van der Waals surface area contributed by atoms with Crippen LogP contribution in [0.1, 0.15) is 30.9 Å². The van der Waals surface area contributed by atoms with E-state index < -0.39 is 0 Å². The summed E-state index contributed by atoms with van der Waals surface area (Å²) in [6, 6.07) is 55.8. The Morgan fingerprint density at radius 1 is 0.608 bits per heavy atom. The van der Waals surface area contributed by atoms with Gasteiger partial charge in [-0.1, -0.05) is 116 Å². The van der Waals surface area contributed by atoms with Gasteiger partial charge < -0.3 is 14.1 Å². The fourth-order valence-corrected chi connectivity index (χ4v) is 8.64. The third kappa shape index (κ3) is 4.59. The van der Waals surface area contributed by atoms with E-state index in [9.17, 15) is 0 Å². The predicted molar refractivity (Wildman–Crippen MR) is 216 cm³/mol. The first-order valence-electron chi connectivity index (χ1n) is 18.2. The van der Waals surface area contributed by atoms with Gasteiger partial charge in [0, 0.05) is 33.6 Å². The maximum absolute atomic E-state index is 6.63. The van der Waals surface area contributed by atoms with Crippen LogP contribution < -0.4 is 20.6 Å². The van der Waals surface area contributed by atoms with Gasteiger partial charge in [0.25, 0.3) is 0 Å². The van der Waals surface area contributed by atoms with Gasteiger partial charge in [-0.25, -0.2) is 0 Å². The molecule has 0 bridgehead atoms. The topological polar surface area (TPSA) is 19.6 Å². The Balaban J connectivity index is 1.36. The molecule has 0 fully saturated rings. The first-order chi connectivity index (χ1) is 25.2. The summed E-state index contributed by atoms with van der Waals surface area (Å²) in [6.07, 6.45) is 3.40. The molecule has 2 aliphatic heterocycles. The Labute approximate surface area is 299 Å². The lowest BCUT2D eigenvalue weighted by atomic mass is 9.43. The number of para-hydroxylation sites is 3. The lowest BCUT2D eigenvalue weighted by molar-refractivity contribution is 0.669. The molecule has 10 rings (SSSR count). The zero-order chi connectivity index (χ0) is 34.1. The summed E-state index contributed by atoms with van der Waals surface area (Å²) in [5.74, 6) is 0.